The zero-order valence-electron chi connectivity index (χ0n) is 20.2. The predicted octanol–water partition coefficient (Wildman–Crippen LogP) is 3.18. The van der Waals surface area contributed by atoms with Crippen LogP contribution in [0.2, 0.25) is 5.02 Å². The average Bonchev–Trinajstić information content (AvgIpc) is 3.34. The molecule has 4 heterocycles. The van der Waals surface area contributed by atoms with Crippen molar-refractivity contribution in [2.24, 2.45) is 11.3 Å². The van der Waals surface area contributed by atoms with E-state index in [9.17, 15) is 4.79 Å². The maximum atomic E-state index is 12.9. The maximum Gasteiger partial charge on any atom is 0.229 e. The van der Waals surface area contributed by atoms with Crippen LogP contribution in [0, 0.1) is 11.3 Å². The molecule has 3 atom stereocenters. The van der Waals surface area contributed by atoms with E-state index in [0.29, 0.717) is 18.5 Å². The summed E-state index contributed by atoms with van der Waals surface area (Å²) in [6.07, 6.45) is 4.85. The summed E-state index contributed by atoms with van der Waals surface area (Å²) in [5, 5.41) is 5.78. The number of amides is 1. The number of fused-ring (bicyclic) bond motifs is 1. The number of rotatable bonds is 5. The molecule has 9 heteroatoms. The molecule has 6 rings (SSSR count). The number of benzene rings is 1. The average molecular weight is 501 g/mol. The lowest BCUT2D eigenvalue weighted by Gasteiger charge is -2.40. The third-order valence-corrected chi connectivity index (χ3v) is 8.76. The molecular weight excluding hydrogens is 468 g/mol. The highest BCUT2D eigenvalue weighted by molar-refractivity contribution is 6.34. The summed E-state index contributed by atoms with van der Waals surface area (Å²) in [7, 11) is 1.76. The van der Waals surface area contributed by atoms with E-state index in [1.54, 1.807) is 13.3 Å². The first-order valence-corrected chi connectivity index (χ1v) is 13.0. The number of piperazine rings is 1. The zero-order valence-corrected chi connectivity index (χ0v) is 20.9. The first-order chi connectivity index (χ1) is 17.1. The number of hydrogen-bond acceptors (Lipinski definition) is 7. The van der Waals surface area contributed by atoms with Crippen LogP contribution in [0.3, 0.4) is 0 Å². The Balaban J connectivity index is 1.14. The van der Waals surface area contributed by atoms with Crippen LogP contribution in [0.15, 0.2) is 24.4 Å². The highest BCUT2D eigenvalue weighted by Crippen LogP contribution is 2.59. The highest BCUT2D eigenvalue weighted by atomic mass is 35.5. The van der Waals surface area contributed by atoms with E-state index in [4.69, 9.17) is 25.8 Å². The number of halogens is 1. The third-order valence-electron chi connectivity index (χ3n) is 8.46. The Morgan fingerprint density at radius 1 is 1.11 bits per heavy atom. The van der Waals surface area contributed by atoms with Gasteiger partial charge in [0.05, 0.1) is 36.1 Å². The second-order valence-electron chi connectivity index (χ2n) is 10.3. The fourth-order valence-electron chi connectivity index (χ4n) is 6.11. The molecule has 8 nitrogen and oxygen atoms in total. The van der Waals surface area contributed by atoms with Gasteiger partial charge < -0.3 is 24.4 Å². The molecule has 3 aliphatic heterocycles. The first kappa shape index (κ1) is 23.4. The molecule has 0 radical (unpaired) electrons. The number of methoxy groups -OCH3 is 1. The second-order valence-corrected chi connectivity index (χ2v) is 10.8. The van der Waals surface area contributed by atoms with Gasteiger partial charge in [-0.2, -0.15) is 0 Å². The van der Waals surface area contributed by atoms with Crippen molar-refractivity contribution >= 4 is 39.8 Å². The Labute approximate surface area is 210 Å². The predicted molar refractivity (Wildman–Crippen MR) is 135 cm³/mol. The topological polar surface area (TPSA) is 76.2 Å². The van der Waals surface area contributed by atoms with E-state index in [-0.39, 0.29) is 23.3 Å². The van der Waals surface area contributed by atoms with Crippen molar-refractivity contribution in [1.82, 2.24) is 9.88 Å². The quantitative estimate of drug-likeness (QED) is 0.675. The monoisotopic (exact) mass is 500 g/mol. The van der Waals surface area contributed by atoms with Gasteiger partial charge in [0, 0.05) is 64.0 Å². The Morgan fingerprint density at radius 3 is 2.69 bits per heavy atom. The summed E-state index contributed by atoms with van der Waals surface area (Å²) in [6.45, 7) is 6.57. The highest BCUT2D eigenvalue weighted by Gasteiger charge is 2.58. The van der Waals surface area contributed by atoms with Gasteiger partial charge in [-0.15, -0.1) is 0 Å². The molecule has 1 aromatic carbocycles. The van der Waals surface area contributed by atoms with Crippen molar-refractivity contribution in [3.8, 4) is 0 Å². The van der Waals surface area contributed by atoms with Gasteiger partial charge in [-0.25, -0.2) is 4.98 Å². The molecule has 0 bridgehead atoms. The lowest BCUT2D eigenvalue weighted by atomic mass is 9.93. The van der Waals surface area contributed by atoms with Crippen molar-refractivity contribution in [1.29, 1.82) is 0 Å². The van der Waals surface area contributed by atoms with E-state index >= 15 is 0 Å². The fraction of sp³-hybridized carbons (Fsp3) is 0.615. The molecule has 1 aromatic heterocycles. The standard InChI is InChI=1S/C26H33ClN4O4/c1-33-23-16-35-15-22(23)31-6-4-30(5-7-31)21-11-17-12-24(28-14-18(17)10-20(21)27)29-25(32)19-13-26(19)2-8-34-9-3-26/h10-12,14,19,22-23H,2-9,13,15-16H2,1H3,(H,28,29,32)/t19-,22+,23+/m0/s1. The minimum absolute atomic E-state index is 0.0731. The van der Waals surface area contributed by atoms with Gasteiger partial charge in [-0.05, 0) is 48.3 Å². The second kappa shape index (κ2) is 9.48. The largest absolute Gasteiger partial charge is 0.381 e. The molecule has 2 aromatic rings. The van der Waals surface area contributed by atoms with Gasteiger partial charge in [0.2, 0.25) is 5.91 Å². The normalized spacial score (nSPS) is 28.5. The van der Waals surface area contributed by atoms with Gasteiger partial charge >= 0.3 is 0 Å². The van der Waals surface area contributed by atoms with Crippen molar-refractivity contribution in [2.45, 2.75) is 31.4 Å². The minimum atomic E-state index is 0.0731. The van der Waals surface area contributed by atoms with E-state index < -0.39 is 0 Å². The van der Waals surface area contributed by atoms with E-state index in [1.165, 1.54) is 0 Å². The van der Waals surface area contributed by atoms with Gasteiger partial charge in [0.1, 0.15) is 5.82 Å². The summed E-state index contributed by atoms with van der Waals surface area (Å²) in [6, 6.07) is 6.37. The number of nitrogens with one attached hydrogen (secondary N) is 1. The summed E-state index contributed by atoms with van der Waals surface area (Å²) in [4.78, 5) is 22.2. The fourth-order valence-corrected chi connectivity index (χ4v) is 6.40. The molecule has 1 spiro atoms. The molecule has 0 unspecified atom stereocenters. The number of anilines is 2. The minimum Gasteiger partial charge on any atom is -0.381 e. The van der Waals surface area contributed by atoms with Gasteiger partial charge in [0.25, 0.3) is 0 Å². The van der Waals surface area contributed by atoms with Gasteiger partial charge in [-0.1, -0.05) is 11.6 Å². The molecule has 3 saturated heterocycles. The summed E-state index contributed by atoms with van der Waals surface area (Å²) in [5.41, 5.74) is 1.17. The molecule has 1 N–H and O–H groups in total. The zero-order chi connectivity index (χ0) is 24.0. The molecule has 1 amide bonds. The summed E-state index contributed by atoms with van der Waals surface area (Å²) < 4.78 is 16.7. The van der Waals surface area contributed by atoms with Crippen LogP contribution >= 0.6 is 11.6 Å². The SMILES string of the molecule is CO[C@@H]1COC[C@H]1N1CCN(c2cc3cc(NC(=O)[C@@H]4CC45CCOCC5)ncc3cc2Cl)CC1. The van der Waals surface area contributed by atoms with Gasteiger partial charge in [-0.3, -0.25) is 9.69 Å². The molecule has 188 valence electrons. The number of ether oxygens (including phenoxy) is 3. The van der Waals surface area contributed by atoms with Gasteiger partial charge in [0.15, 0.2) is 0 Å². The lowest BCUT2D eigenvalue weighted by Crippen LogP contribution is -2.54. The Kier molecular flexibility index (Phi) is 6.35. The lowest BCUT2D eigenvalue weighted by molar-refractivity contribution is -0.118. The van der Waals surface area contributed by atoms with E-state index in [1.807, 2.05) is 12.1 Å². The van der Waals surface area contributed by atoms with Crippen molar-refractivity contribution < 1.29 is 19.0 Å². The van der Waals surface area contributed by atoms with Crippen molar-refractivity contribution in [3.05, 3.63) is 29.4 Å². The Hall–Kier alpha value is -1.97. The van der Waals surface area contributed by atoms with Crippen LogP contribution in [0.4, 0.5) is 11.5 Å². The molecule has 4 fully saturated rings. The van der Waals surface area contributed by atoms with Crippen LogP contribution in [-0.2, 0) is 19.0 Å². The summed E-state index contributed by atoms with van der Waals surface area (Å²) in [5.74, 6) is 0.750. The first-order valence-electron chi connectivity index (χ1n) is 12.6. The summed E-state index contributed by atoms with van der Waals surface area (Å²) >= 11 is 6.70. The Morgan fingerprint density at radius 2 is 1.91 bits per heavy atom. The Bertz CT molecular complexity index is 1100. The number of pyridine rings is 1. The van der Waals surface area contributed by atoms with Crippen molar-refractivity contribution in [3.63, 3.8) is 0 Å². The molecular formula is C26H33ClN4O4. The molecule has 1 saturated carbocycles. The van der Waals surface area contributed by atoms with Crippen LogP contribution in [0.25, 0.3) is 10.8 Å². The number of nitrogens with zero attached hydrogens (tertiary/aromatic N) is 3. The maximum absolute atomic E-state index is 12.9. The smallest absolute Gasteiger partial charge is 0.229 e. The number of carbonyl (C=O) groups excluding carboxylic acids is 1. The van der Waals surface area contributed by atoms with Crippen molar-refractivity contribution in [2.75, 3.05) is 69.9 Å². The van der Waals surface area contributed by atoms with Crippen LogP contribution in [0.5, 0.6) is 0 Å². The molecule has 1 aliphatic carbocycles. The molecule has 35 heavy (non-hydrogen) atoms. The number of hydrogen-bond donors (Lipinski definition) is 1. The number of carbonyl (C=O) groups is 1. The molecule has 4 aliphatic rings. The van der Waals surface area contributed by atoms with E-state index in [0.717, 1.165) is 86.7 Å². The van der Waals surface area contributed by atoms with E-state index in [2.05, 4.69) is 26.2 Å². The van der Waals surface area contributed by atoms with Crippen LogP contribution in [0.1, 0.15) is 19.3 Å². The van der Waals surface area contributed by atoms with Crippen LogP contribution in [-0.4, -0.2) is 87.7 Å². The van der Waals surface area contributed by atoms with Crippen LogP contribution < -0.4 is 10.2 Å². The third kappa shape index (κ3) is 4.51. The number of aromatic nitrogens is 1.